The largest absolute Gasteiger partial charge is 0.468 e. The Morgan fingerprint density at radius 1 is 1.00 bits per heavy atom. The molecule has 1 aromatic carbocycles. The lowest BCUT2D eigenvalue weighted by molar-refractivity contribution is -0.160. The molecule has 1 rings (SSSR count). The van der Waals surface area contributed by atoms with Crippen molar-refractivity contribution in [3.05, 3.63) is 35.9 Å². The molecule has 1 unspecified atom stereocenters. The van der Waals surface area contributed by atoms with Gasteiger partial charge in [0.1, 0.15) is 0 Å². The summed E-state index contributed by atoms with van der Waals surface area (Å²) in [6, 6.07) is 8.64. The van der Waals surface area contributed by atoms with Crippen molar-refractivity contribution in [2.24, 2.45) is 11.8 Å². The summed E-state index contributed by atoms with van der Waals surface area (Å²) in [5.41, 5.74) is 0.474. The number of unbranched alkanes of at least 4 members (excludes halogenated alkanes) is 1. The third-order valence-electron chi connectivity index (χ3n) is 3.58. The van der Waals surface area contributed by atoms with Crippen LogP contribution in [0.25, 0.3) is 0 Å². The van der Waals surface area contributed by atoms with Gasteiger partial charge in [0.2, 0.25) is 0 Å². The zero-order valence-corrected chi connectivity index (χ0v) is 13.2. The highest BCUT2D eigenvalue weighted by molar-refractivity contribution is 6.05. The van der Waals surface area contributed by atoms with Gasteiger partial charge >= 0.3 is 11.9 Å². The quantitative estimate of drug-likeness (QED) is 0.419. The normalized spacial score (nSPS) is 11.8. The second kappa shape index (κ2) is 8.97. The van der Waals surface area contributed by atoms with E-state index < -0.39 is 23.8 Å². The molecule has 22 heavy (non-hydrogen) atoms. The number of benzene rings is 1. The van der Waals surface area contributed by atoms with Gasteiger partial charge in [-0.05, 0) is 6.42 Å². The molecule has 0 N–H and O–H groups in total. The smallest absolute Gasteiger partial charge is 0.320 e. The zero-order valence-electron chi connectivity index (χ0n) is 13.2. The summed E-state index contributed by atoms with van der Waals surface area (Å²) < 4.78 is 9.38. The number of rotatable bonds is 8. The van der Waals surface area contributed by atoms with Crippen molar-refractivity contribution in [3.8, 4) is 0 Å². The predicted molar refractivity (Wildman–Crippen MR) is 81.3 cm³/mol. The standard InChI is InChI=1S/C17H22O5/c1-4-5-11-13(14(16(19)21-2)17(20)22-3)15(18)12-9-7-6-8-10-12/h6-10,13-14H,4-5,11H2,1-3H3. The molecule has 0 heterocycles. The third kappa shape index (κ3) is 4.41. The molecule has 5 nitrogen and oxygen atoms in total. The molecule has 0 amide bonds. The van der Waals surface area contributed by atoms with Crippen molar-refractivity contribution in [2.75, 3.05) is 14.2 Å². The highest BCUT2D eigenvalue weighted by Crippen LogP contribution is 2.26. The highest BCUT2D eigenvalue weighted by atomic mass is 16.5. The summed E-state index contributed by atoms with van der Waals surface area (Å²) in [5, 5.41) is 0. The molecule has 0 aliphatic carbocycles. The first-order valence-electron chi connectivity index (χ1n) is 7.31. The van der Waals surface area contributed by atoms with Gasteiger partial charge in [-0.3, -0.25) is 14.4 Å². The molecule has 120 valence electrons. The zero-order chi connectivity index (χ0) is 16.5. The fourth-order valence-corrected chi connectivity index (χ4v) is 2.37. The van der Waals surface area contributed by atoms with Gasteiger partial charge in [-0.2, -0.15) is 0 Å². The van der Waals surface area contributed by atoms with Gasteiger partial charge in [0.15, 0.2) is 11.7 Å². The Morgan fingerprint density at radius 3 is 2.00 bits per heavy atom. The summed E-state index contributed by atoms with van der Waals surface area (Å²) in [6.07, 6.45) is 2.01. The van der Waals surface area contributed by atoms with Crippen LogP contribution >= 0.6 is 0 Å². The maximum atomic E-state index is 12.7. The third-order valence-corrected chi connectivity index (χ3v) is 3.58. The Morgan fingerprint density at radius 2 is 1.55 bits per heavy atom. The second-order valence-corrected chi connectivity index (χ2v) is 5.00. The lowest BCUT2D eigenvalue weighted by Crippen LogP contribution is -2.37. The molecule has 0 spiro atoms. The van der Waals surface area contributed by atoms with E-state index in [0.717, 1.165) is 12.8 Å². The van der Waals surface area contributed by atoms with Gasteiger partial charge in [-0.1, -0.05) is 50.1 Å². The average Bonchev–Trinajstić information content (AvgIpc) is 2.57. The van der Waals surface area contributed by atoms with Crippen LogP contribution in [0.3, 0.4) is 0 Å². The molecular weight excluding hydrogens is 284 g/mol. The number of hydrogen-bond acceptors (Lipinski definition) is 5. The molecule has 0 aromatic heterocycles. The maximum absolute atomic E-state index is 12.7. The Balaban J connectivity index is 3.15. The van der Waals surface area contributed by atoms with Crippen molar-refractivity contribution < 1.29 is 23.9 Å². The van der Waals surface area contributed by atoms with E-state index in [1.807, 2.05) is 6.92 Å². The van der Waals surface area contributed by atoms with Gasteiger partial charge in [-0.25, -0.2) is 0 Å². The van der Waals surface area contributed by atoms with E-state index >= 15 is 0 Å². The van der Waals surface area contributed by atoms with Crippen molar-refractivity contribution in [2.45, 2.75) is 26.2 Å². The molecule has 0 bridgehead atoms. The number of ketones is 1. The molecule has 1 aromatic rings. The summed E-state index contributed by atoms with van der Waals surface area (Å²) in [6.45, 7) is 1.98. The van der Waals surface area contributed by atoms with Crippen molar-refractivity contribution in [1.29, 1.82) is 0 Å². The molecule has 0 radical (unpaired) electrons. The van der Waals surface area contributed by atoms with E-state index in [9.17, 15) is 14.4 Å². The summed E-state index contributed by atoms with van der Waals surface area (Å²) in [7, 11) is 2.39. The Kier molecular flexibility index (Phi) is 7.29. The first kappa shape index (κ1) is 17.9. The van der Waals surface area contributed by atoms with E-state index in [1.165, 1.54) is 14.2 Å². The van der Waals surface area contributed by atoms with Crippen LogP contribution in [0.4, 0.5) is 0 Å². The van der Waals surface area contributed by atoms with E-state index in [1.54, 1.807) is 30.3 Å². The van der Waals surface area contributed by atoms with E-state index in [0.29, 0.717) is 12.0 Å². The van der Waals surface area contributed by atoms with Crippen molar-refractivity contribution >= 4 is 17.7 Å². The fourth-order valence-electron chi connectivity index (χ4n) is 2.37. The van der Waals surface area contributed by atoms with Crippen LogP contribution in [0.1, 0.15) is 36.5 Å². The maximum Gasteiger partial charge on any atom is 0.320 e. The number of carbonyl (C=O) groups is 3. The monoisotopic (exact) mass is 306 g/mol. The van der Waals surface area contributed by atoms with Crippen LogP contribution in [0, 0.1) is 11.8 Å². The van der Waals surface area contributed by atoms with E-state index in [4.69, 9.17) is 9.47 Å². The first-order valence-corrected chi connectivity index (χ1v) is 7.31. The molecular formula is C17H22O5. The van der Waals surface area contributed by atoms with Gasteiger partial charge < -0.3 is 9.47 Å². The SMILES string of the molecule is CCCCC(C(=O)c1ccccc1)C(C(=O)OC)C(=O)OC. The minimum Gasteiger partial charge on any atom is -0.468 e. The summed E-state index contributed by atoms with van der Waals surface area (Å²) in [5.74, 6) is -3.72. The Bertz CT molecular complexity index is 493. The number of carbonyl (C=O) groups excluding carboxylic acids is 3. The molecule has 0 aliphatic heterocycles. The highest BCUT2D eigenvalue weighted by Gasteiger charge is 2.40. The number of esters is 2. The minimum atomic E-state index is -1.23. The summed E-state index contributed by atoms with van der Waals surface area (Å²) in [4.78, 5) is 36.7. The molecule has 0 fully saturated rings. The van der Waals surface area contributed by atoms with Crippen LogP contribution in [0.15, 0.2) is 30.3 Å². The Labute approximate surface area is 130 Å². The van der Waals surface area contributed by atoms with Crippen molar-refractivity contribution in [1.82, 2.24) is 0 Å². The van der Waals surface area contributed by atoms with Gasteiger partial charge in [0, 0.05) is 11.5 Å². The lowest BCUT2D eigenvalue weighted by atomic mass is 9.82. The van der Waals surface area contributed by atoms with E-state index in [2.05, 4.69) is 0 Å². The van der Waals surface area contributed by atoms with Gasteiger partial charge in [-0.15, -0.1) is 0 Å². The number of methoxy groups -OCH3 is 2. The predicted octanol–water partition coefficient (Wildman–Crippen LogP) is 2.64. The van der Waals surface area contributed by atoms with Crippen LogP contribution in [0.2, 0.25) is 0 Å². The first-order chi connectivity index (χ1) is 10.6. The van der Waals surface area contributed by atoms with Crippen molar-refractivity contribution in [3.63, 3.8) is 0 Å². The molecule has 0 aliphatic rings. The number of ether oxygens (including phenoxy) is 2. The minimum absolute atomic E-state index is 0.241. The number of Topliss-reactive ketones (excluding diaryl/α,β-unsaturated/α-hetero) is 1. The van der Waals surface area contributed by atoms with E-state index in [-0.39, 0.29) is 5.78 Å². The van der Waals surface area contributed by atoms with Gasteiger partial charge in [0.05, 0.1) is 14.2 Å². The second-order valence-electron chi connectivity index (χ2n) is 5.00. The topological polar surface area (TPSA) is 69.7 Å². The summed E-state index contributed by atoms with van der Waals surface area (Å²) >= 11 is 0. The molecule has 5 heteroatoms. The van der Waals surface area contributed by atoms with Crippen LogP contribution < -0.4 is 0 Å². The lowest BCUT2D eigenvalue weighted by Gasteiger charge is -2.22. The molecule has 0 saturated carbocycles. The number of hydrogen-bond donors (Lipinski definition) is 0. The molecule has 0 saturated heterocycles. The Hall–Kier alpha value is -2.17. The van der Waals surface area contributed by atoms with Gasteiger partial charge in [0.25, 0.3) is 0 Å². The van der Waals surface area contributed by atoms with Crippen LogP contribution in [-0.2, 0) is 19.1 Å². The average molecular weight is 306 g/mol. The fraction of sp³-hybridized carbons (Fsp3) is 0.471. The van der Waals surface area contributed by atoms with Crippen LogP contribution in [0.5, 0.6) is 0 Å². The van der Waals surface area contributed by atoms with Crippen LogP contribution in [-0.4, -0.2) is 31.9 Å². The molecule has 1 atom stereocenters.